The molecule has 130 valence electrons. The third-order valence-corrected chi connectivity index (χ3v) is 5.28. The zero-order chi connectivity index (χ0) is 18.1. The molecule has 4 nitrogen and oxygen atoms in total. The molecule has 0 aliphatic heterocycles. The second-order valence-corrected chi connectivity index (χ2v) is 7.10. The molecule has 3 rings (SSSR count). The molecule has 0 amide bonds. The van der Waals surface area contributed by atoms with Crippen molar-refractivity contribution in [3.05, 3.63) is 57.2 Å². The van der Waals surface area contributed by atoms with Crippen LogP contribution in [0.15, 0.2) is 35.1 Å². The quantitative estimate of drug-likeness (QED) is 0.515. The maximum absolute atomic E-state index is 13.2. The predicted molar refractivity (Wildman–Crippen MR) is 105 cm³/mol. The van der Waals surface area contributed by atoms with Gasteiger partial charge < -0.3 is 9.67 Å². The molecule has 0 spiro atoms. The SMILES string of the molecule is Cc1ccc2c(=O)c3c(CC(=O)O)cccc3n(CCCBr)c2c1C. The summed E-state index contributed by atoms with van der Waals surface area (Å²) in [6.07, 6.45) is 0.769. The summed E-state index contributed by atoms with van der Waals surface area (Å²) in [5.74, 6) is -0.931. The largest absolute Gasteiger partial charge is 0.481 e. The molecule has 0 aliphatic carbocycles. The van der Waals surface area contributed by atoms with Gasteiger partial charge in [-0.25, -0.2) is 0 Å². The Morgan fingerprint density at radius 1 is 1.20 bits per heavy atom. The molecule has 1 N–H and O–H groups in total. The van der Waals surface area contributed by atoms with E-state index in [2.05, 4.69) is 20.5 Å². The molecule has 0 aliphatic rings. The highest BCUT2D eigenvalue weighted by molar-refractivity contribution is 9.09. The number of hydrogen-bond acceptors (Lipinski definition) is 2. The van der Waals surface area contributed by atoms with Gasteiger partial charge in [0.1, 0.15) is 0 Å². The molecule has 0 unspecified atom stereocenters. The third kappa shape index (κ3) is 3.09. The van der Waals surface area contributed by atoms with E-state index in [4.69, 9.17) is 0 Å². The maximum atomic E-state index is 13.2. The average Bonchev–Trinajstić information content (AvgIpc) is 2.57. The van der Waals surface area contributed by atoms with Crippen LogP contribution in [-0.2, 0) is 17.8 Å². The minimum absolute atomic E-state index is 0.0833. The van der Waals surface area contributed by atoms with Gasteiger partial charge in [0.05, 0.1) is 22.8 Å². The first kappa shape index (κ1) is 17.7. The van der Waals surface area contributed by atoms with Crippen molar-refractivity contribution in [1.82, 2.24) is 4.57 Å². The van der Waals surface area contributed by atoms with E-state index in [1.165, 1.54) is 0 Å². The number of fused-ring (bicyclic) bond motifs is 2. The highest BCUT2D eigenvalue weighted by Crippen LogP contribution is 2.26. The van der Waals surface area contributed by atoms with Gasteiger partial charge in [-0.2, -0.15) is 0 Å². The van der Waals surface area contributed by atoms with Crippen molar-refractivity contribution < 1.29 is 9.90 Å². The fourth-order valence-electron chi connectivity index (χ4n) is 3.42. The smallest absolute Gasteiger partial charge is 0.307 e. The molecular weight excluding hydrogens is 382 g/mol. The van der Waals surface area contributed by atoms with Crippen molar-refractivity contribution >= 4 is 43.7 Å². The van der Waals surface area contributed by atoms with Crippen molar-refractivity contribution in [3.63, 3.8) is 0 Å². The van der Waals surface area contributed by atoms with E-state index in [1.807, 2.05) is 38.1 Å². The van der Waals surface area contributed by atoms with E-state index < -0.39 is 5.97 Å². The lowest BCUT2D eigenvalue weighted by Gasteiger charge is -2.19. The first-order chi connectivity index (χ1) is 12.0. The number of nitrogens with zero attached hydrogens (tertiary/aromatic N) is 1. The summed E-state index contributed by atoms with van der Waals surface area (Å²) in [6, 6.07) is 9.31. The Balaban J connectivity index is 2.51. The summed E-state index contributed by atoms with van der Waals surface area (Å²) < 4.78 is 2.17. The zero-order valence-electron chi connectivity index (χ0n) is 14.3. The lowest BCUT2D eigenvalue weighted by Crippen LogP contribution is -2.16. The molecule has 3 aromatic rings. The number of carboxylic acid groups (broad SMARTS) is 1. The van der Waals surface area contributed by atoms with Gasteiger partial charge >= 0.3 is 5.97 Å². The lowest BCUT2D eigenvalue weighted by atomic mass is 9.98. The van der Waals surface area contributed by atoms with E-state index in [1.54, 1.807) is 6.07 Å². The van der Waals surface area contributed by atoms with E-state index in [0.29, 0.717) is 16.3 Å². The van der Waals surface area contributed by atoms with Gasteiger partial charge in [0, 0.05) is 17.3 Å². The molecule has 0 atom stereocenters. The van der Waals surface area contributed by atoms with Crippen LogP contribution < -0.4 is 5.43 Å². The number of halogens is 1. The second kappa shape index (κ2) is 7.00. The maximum Gasteiger partial charge on any atom is 0.307 e. The number of aliphatic carboxylic acids is 1. The number of carbonyl (C=O) groups is 1. The summed E-state index contributed by atoms with van der Waals surface area (Å²) in [5.41, 5.74) is 4.48. The molecule has 0 bridgehead atoms. The van der Waals surface area contributed by atoms with Gasteiger partial charge in [-0.05, 0) is 49.1 Å². The highest BCUT2D eigenvalue weighted by atomic mass is 79.9. The molecule has 0 fully saturated rings. The van der Waals surface area contributed by atoms with E-state index >= 15 is 0 Å². The van der Waals surface area contributed by atoms with Crippen LogP contribution in [-0.4, -0.2) is 21.0 Å². The number of aromatic nitrogens is 1. The molecule has 25 heavy (non-hydrogen) atoms. The lowest BCUT2D eigenvalue weighted by molar-refractivity contribution is -0.136. The van der Waals surface area contributed by atoms with Gasteiger partial charge in [0.25, 0.3) is 0 Å². The first-order valence-electron chi connectivity index (χ1n) is 8.27. The minimum Gasteiger partial charge on any atom is -0.481 e. The topological polar surface area (TPSA) is 59.3 Å². The standard InChI is InChI=1S/C20H20BrNO3/c1-12-7-8-15-19(13(12)2)22(10-4-9-21)16-6-3-5-14(11-17(23)24)18(16)20(15)25/h3,5-8H,4,9-11H2,1-2H3,(H,23,24). The summed E-state index contributed by atoms with van der Waals surface area (Å²) in [4.78, 5) is 24.4. The molecule has 0 saturated heterocycles. The highest BCUT2D eigenvalue weighted by Gasteiger charge is 2.17. The zero-order valence-corrected chi connectivity index (χ0v) is 15.9. The first-order valence-corrected chi connectivity index (χ1v) is 9.40. The number of aryl methyl sites for hydroxylation is 3. The van der Waals surface area contributed by atoms with E-state index in [0.717, 1.165) is 40.5 Å². The van der Waals surface area contributed by atoms with Crippen LogP contribution in [0.3, 0.4) is 0 Å². The Kier molecular flexibility index (Phi) is 4.95. The van der Waals surface area contributed by atoms with Crippen LogP contribution in [0.25, 0.3) is 21.8 Å². The number of rotatable bonds is 5. The molecule has 2 aromatic carbocycles. The number of alkyl halides is 1. The van der Waals surface area contributed by atoms with Gasteiger partial charge in [0.2, 0.25) is 0 Å². The van der Waals surface area contributed by atoms with Crippen LogP contribution in [0.4, 0.5) is 0 Å². The van der Waals surface area contributed by atoms with Crippen LogP contribution >= 0.6 is 15.9 Å². The van der Waals surface area contributed by atoms with Crippen LogP contribution in [0.5, 0.6) is 0 Å². The predicted octanol–water partition coefficient (Wildman–Crippen LogP) is 4.18. The van der Waals surface area contributed by atoms with Gasteiger partial charge in [-0.15, -0.1) is 0 Å². The van der Waals surface area contributed by atoms with Crippen LogP contribution in [0, 0.1) is 13.8 Å². The van der Waals surface area contributed by atoms with Gasteiger partial charge in [-0.3, -0.25) is 9.59 Å². The van der Waals surface area contributed by atoms with Crippen molar-refractivity contribution in [1.29, 1.82) is 0 Å². The van der Waals surface area contributed by atoms with E-state index in [-0.39, 0.29) is 11.8 Å². The van der Waals surface area contributed by atoms with Gasteiger partial charge in [0.15, 0.2) is 5.43 Å². The fourth-order valence-corrected chi connectivity index (χ4v) is 3.67. The summed E-state index contributed by atoms with van der Waals surface area (Å²) >= 11 is 3.48. The minimum atomic E-state index is -0.931. The Morgan fingerprint density at radius 2 is 1.96 bits per heavy atom. The summed E-state index contributed by atoms with van der Waals surface area (Å²) in [7, 11) is 0. The molecule has 1 aromatic heterocycles. The second-order valence-electron chi connectivity index (χ2n) is 6.31. The number of carboxylic acids is 1. The fraction of sp³-hybridized carbons (Fsp3) is 0.300. The molecule has 5 heteroatoms. The van der Waals surface area contributed by atoms with Gasteiger partial charge in [-0.1, -0.05) is 34.1 Å². The van der Waals surface area contributed by atoms with Crippen molar-refractivity contribution in [2.24, 2.45) is 0 Å². The number of hydrogen-bond donors (Lipinski definition) is 1. The molecule has 1 heterocycles. The van der Waals surface area contributed by atoms with Crippen LogP contribution in [0.1, 0.15) is 23.1 Å². The van der Waals surface area contributed by atoms with Crippen LogP contribution in [0.2, 0.25) is 0 Å². The normalized spacial score (nSPS) is 11.3. The number of benzene rings is 2. The Bertz CT molecular complexity index is 1040. The molecular formula is C20H20BrNO3. The van der Waals surface area contributed by atoms with Crippen molar-refractivity contribution in [2.45, 2.75) is 33.2 Å². The monoisotopic (exact) mass is 401 g/mol. The van der Waals surface area contributed by atoms with Crippen molar-refractivity contribution in [3.8, 4) is 0 Å². The average molecular weight is 402 g/mol. The summed E-state index contributed by atoms with van der Waals surface area (Å²) in [5, 5.41) is 11.2. The number of pyridine rings is 1. The Hall–Kier alpha value is -2.14. The molecule has 0 saturated carbocycles. The third-order valence-electron chi connectivity index (χ3n) is 4.72. The van der Waals surface area contributed by atoms with Crippen molar-refractivity contribution in [2.75, 3.05) is 5.33 Å². The Morgan fingerprint density at radius 3 is 2.64 bits per heavy atom. The Labute approximate surface area is 154 Å². The molecule has 0 radical (unpaired) electrons. The van der Waals surface area contributed by atoms with E-state index in [9.17, 15) is 14.7 Å². The summed E-state index contributed by atoms with van der Waals surface area (Å²) in [6.45, 7) is 4.84.